The van der Waals surface area contributed by atoms with Crippen molar-refractivity contribution in [3.63, 3.8) is 0 Å². The number of methoxy groups -OCH3 is 1. The van der Waals surface area contributed by atoms with E-state index in [1.807, 2.05) is 0 Å². The number of rotatable bonds is 1. The van der Waals surface area contributed by atoms with E-state index in [1.165, 1.54) is 7.11 Å². The largest absolute Gasteiger partial charge is 0.453 e. The van der Waals surface area contributed by atoms with Gasteiger partial charge < -0.3 is 24.6 Å². The second-order valence-electron chi connectivity index (χ2n) is 4.40. The zero-order chi connectivity index (χ0) is 13.0. The maximum Gasteiger partial charge on any atom is 0.409 e. The summed E-state index contributed by atoms with van der Waals surface area (Å²) in [7, 11) is 1.36. The van der Waals surface area contributed by atoms with Crippen LogP contribution in [0.5, 0.6) is 0 Å². The smallest absolute Gasteiger partial charge is 0.409 e. The number of urea groups is 1. The summed E-state index contributed by atoms with van der Waals surface area (Å²) in [4.78, 5) is 26.5. The first kappa shape index (κ1) is 12.9. The van der Waals surface area contributed by atoms with Crippen molar-refractivity contribution in [3.05, 3.63) is 0 Å². The molecule has 3 amide bonds. The van der Waals surface area contributed by atoms with Crippen molar-refractivity contribution in [2.45, 2.75) is 19.1 Å². The van der Waals surface area contributed by atoms with Crippen molar-refractivity contribution < 1.29 is 19.1 Å². The van der Waals surface area contributed by atoms with Gasteiger partial charge in [-0.15, -0.1) is 0 Å². The van der Waals surface area contributed by atoms with Crippen molar-refractivity contribution in [1.29, 1.82) is 0 Å². The first-order valence-electron chi connectivity index (χ1n) is 6.20. The predicted octanol–water partition coefficient (Wildman–Crippen LogP) is 0.216. The number of hydrogen-bond acceptors (Lipinski definition) is 4. The minimum atomic E-state index is -0.339. The van der Waals surface area contributed by atoms with E-state index in [1.54, 1.807) is 9.80 Å². The Balaban J connectivity index is 1.74. The van der Waals surface area contributed by atoms with Gasteiger partial charge in [0.15, 0.2) is 0 Å². The average molecular weight is 257 g/mol. The lowest BCUT2D eigenvalue weighted by Crippen LogP contribution is -2.54. The molecule has 2 aliphatic heterocycles. The van der Waals surface area contributed by atoms with E-state index in [0.717, 1.165) is 12.8 Å². The zero-order valence-electron chi connectivity index (χ0n) is 10.6. The third-order valence-corrected chi connectivity index (χ3v) is 3.21. The fraction of sp³-hybridized carbons (Fsp3) is 0.818. The molecule has 2 saturated heterocycles. The molecule has 0 aromatic carbocycles. The summed E-state index contributed by atoms with van der Waals surface area (Å²) in [5, 5.41) is 2.84. The molecular weight excluding hydrogens is 238 g/mol. The molecule has 0 spiro atoms. The van der Waals surface area contributed by atoms with Crippen molar-refractivity contribution in [3.8, 4) is 0 Å². The summed E-state index contributed by atoms with van der Waals surface area (Å²) >= 11 is 0. The highest BCUT2D eigenvalue weighted by atomic mass is 16.5. The molecule has 0 aliphatic carbocycles. The third kappa shape index (κ3) is 3.04. The van der Waals surface area contributed by atoms with Gasteiger partial charge in [0.05, 0.1) is 7.11 Å². The van der Waals surface area contributed by atoms with Crippen LogP contribution in [0.1, 0.15) is 12.8 Å². The number of nitrogens with one attached hydrogen (secondary N) is 1. The highest BCUT2D eigenvalue weighted by Gasteiger charge is 2.26. The summed E-state index contributed by atoms with van der Waals surface area (Å²) in [6.07, 6.45) is 1.36. The van der Waals surface area contributed by atoms with Gasteiger partial charge in [-0.3, -0.25) is 0 Å². The van der Waals surface area contributed by atoms with Crippen LogP contribution in [0.3, 0.4) is 0 Å². The van der Waals surface area contributed by atoms with E-state index in [4.69, 9.17) is 4.74 Å². The van der Waals surface area contributed by atoms with E-state index in [2.05, 4.69) is 10.1 Å². The van der Waals surface area contributed by atoms with Crippen molar-refractivity contribution >= 4 is 12.1 Å². The predicted molar refractivity (Wildman–Crippen MR) is 63.1 cm³/mol. The first-order valence-corrected chi connectivity index (χ1v) is 6.20. The highest BCUT2D eigenvalue weighted by Crippen LogP contribution is 2.10. The quantitative estimate of drug-likeness (QED) is 0.729. The van der Waals surface area contributed by atoms with Gasteiger partial charge in [0, 0.05) is 32.8 Å². The molecule has 102 valence electrons. The summed E-state index contributed by atoms with van der Waals surface area (Å²) < 4.78 is 9.99. The number of piperazine rings is 1. The normalized spacial score (nSPS) is 23.9. The van der Waals surface area contributed by atoms with Crippen molar-refractivity contribution in [1.82, 2.24) is 15.1 Å². The Morgan fingerprint density at radius 1 is 1.22 bits per heavy atom. The minimum Gasteiger partial charge on any atom is -0.453 e. The summed E-state index contributed by atoms with van der Waals surface area (Å²) in [6.45, 7) is 2.76. The topological polar surface area (TPSA) is 71.1 Å². The second kappa shape index (κ2) is 5.90. The molecule has 0 aromatic rings. The Kier molecular flexibility index (Phi) is 4.24. The molecular formula is C11H19N3O4. The van der Waals surface area contributed by atoms with Crippen LogP contribution in [0.2, 0.25) is 0 Å². The Hall–Kier alpha value is -1.50. The van der Waals surface area contributed by atoms with E-state index < -0.39 is 0 Å². The Labute approximate surface area is 106 Å². The van der Waals surface area contributed by atoms with E-state index in [9.17, 15) is 9.59 Å². The van der Waals surface area contributed by atoms with Gasteiger partial charge in [0.1, 0.15) is 6.23 Å². The van der Waals surface area contributed by atoms with Crippen LogP contribution in [0, 0.1) is 0 Å². The van der Waals surface area contributed by atoms with Crippen LogP contribution in [-0.4, -0.2) is 68.0 Å². The Bertz CT molecular complexity index is 309. The van der Waals surface area contributed by atoms with E-state index in [0.29, 0.717) is 32.8 Å². The maximum atomic E-state index is 11.9. The zero-order valence-corrected chi connectivity index (χ0v) is 10.6. The lowest BCUT2D eigenvalue weighted by Gasteiger charge is -2.34. The van der Waals surface area contributed by atoms with Gasteiger partial charge in [0.2, 0.25) is 0 Å². The molecule has 1 N–H and O–H groups in total. The van der Waals surface area contributed by atoms with Crippen LogP contribution in [-0.2, 0) is 9.47 Å². The van der Waals surface area contributed by atoms with Gasteiger partial charge in [-0.05, 0) is 12.8 Å². The number of hydrogen-bond donors (Lipinski definition) is 1. The van der Waals surface area contributed by atoms with Crippen LogP contribution in [0.25, 0.3) is 0 Å². The number of amides is 3. The van der Waals surface area contributed by atoms with Gasteiger partial charge in [-0.2, -0.15) is 0 Å². The molecule has 1 atom stereocenters. The molecule has 7 heteroatoms. The lowest BCUT2D eigenvalue weighted by molar-refractivity contribution is 0.0728. The monoisotopic (exact) mass is 257 g/mol. The van der Waals surface area contributed by atoms with Crippen molar-refractivity contribution in [2.75, 3.05) is 39.9 Å². The van der Waals surface area contributed by atoms with Gasteiger partial charge in [0.25, 0.3) is 0 Å². The maximum absolute atomic E-state index is 11.9. The highest BCUT2D eigenvalue weighted by molar-refractivity contribution is 5.75. The van der Waals surface area contributed by atoms with Crippen LogP contribution in [0.15, 0.2) is 0 Å². The lowest BCUT2D eigenvalue weighted by atomic mass is 10.3. The molecule has 2 aliphatic rings. The number of nitrogens with zero attached hydrogens (tertiary/aromatic N) is 2. The van der Waals surface area contributed by atoms with Gasteiger partial charge in [-0.25, -0.2) is 9.59 Å². The Morgan fingerprint density at radius 2 is 1.89 bits per heavy atom. The first-order chi connectivity index (χ1) is 8.70. The average Bonchev–Trinajstić information content (AvgIpc) is 2.91. The minimum absolute atomic E-state index is 0.119. The number of carbonyl (C=O) groups is 2. The fourth-order valence-electron chi connectivity index (χ4n) is 2.14. The van der Waals surface area contributed by atoms with Crippen molar-refractivity contribution in [2.24, 2.45) is 0 Å². The van der Waals surface area contributed by atoms with Gasteiger partial charge >= 0.3 is 12.1 Å². The van der Waals surface area contributed by atoms with E-state index in [-0.39, 0.29) is 18.4 Å². The Morgan fingerprint density at radius 3 is 2.44 bits per heavy atom. The molecule has 2 rings (SSSR count). The number of carbonyl (C=O) groups excluding carboxylic acids is 2. The summed E-state index contributed by atoms with van der Waals surface area (Å²) in [5.74, 6) is 0. The molecule has 2 heterocycles. The molecule has 0 bridgehead atoms. The fourth-order valence-corrected chi connectivity index (χ4v) is 2.14. The van der Waals surface area contributed by atoms with Crippen LogP contribution >= 0.6 is 0 Å². The van der Waals surface area contributed by atoms with E-state index >= 15 is 0 Å². The standard InChI is InChI=1S/C11H19N3O4/c1-17-11(16)14-6-4-13(5-7-14)10(15)12-9-3-2-8-18-9/h9H,2-8H2,1H3,(H,12,15). The third-order valence-electron chi connectivity index (χ3n) is 3.21. The molecule has 0 radical (unpaired) electrons. The molecule has 7 nitrogen and oxygen atoms in total. The second-order valence-corrected chi connectivity index (χ2v) is 4.40. The molecule has 0 saturated carbocycles. The van der Waals surface area contributed by atoms with Crippen LogP contribution in [0.4, 0.5) is 9.59 Å². The van der Waals surface area contributed by atoms with Crippen LogP contribution < -0.4 is 5.32 Å². The summed E-state index contributed by atoms with van der Waals surface area (Å²) in [6, 6.07) is -0.119. The number of ether oxygens (including phenoxy) is 2. The van der Waals surface area contributed by atoms with Gasteiger partial charge in [-0.1, -0.05) is 0 Å². The molecule has 2 fully saturated rings. The SMILES string of the molecule is COC(=O)N1CCN(C(=O)NC2CCCO2)CC1. The summed E-state index contributed by atoms with van der Waals surface area (Å²) in [5.41, 5.74) is 0. The molecule has 1 unspecified atom stereocenters. The molecule has 18 heavy (non-hydrogen) atoms. The molecule has 0 aromatic heterocycles.